The summed E-state index contributed by atoms with van der Waals surface area (Å²) in [4.78, 5) is 27.3. The standard InChI is InChI=1S/C18H13NO4/c20-17-11-12(14-16-15(23-16)13(11)22-14)18(21)19(17)10-7-3-5-8-4-1-2-6-9(8)10/h1-7,11-16H. The smallest absolute Gasteiger partial charge is 0.240 e. The van der Waals surface area contributed by atoms with Crippen molar-refractivity contribution < 1.29 is 19.1 Å². The van der Waals surface area contributed by atoms with E-state index in [9.17, 15) is 9.59 Å². The highest BCUT2D eigenvalue weighted by atomic mass is 16.7. The van der Waals surface area contributed by atoms with Crippen LogP contribution >= 0.6 is 0 Å². The van der Waals surface area contributed by atoms with Crippen LogP contribution < -0.4 is 4.90 Å². The van der Waals surface area contributed by atoms with E-state index < -0.39 is 0 Å². The van der Waals surface area contributed by atoms with E-state index in [-0.39, 0.29) is 48.1 Å². The molecule has 0 N–H and O–H groups in total. The number of benzene rings is 2. The van der Waals surface area contributed by atoms with Crippen LogP contribution in [0.4, 0.5) is 5.69 Å². The van der Waals surface area contributed by atoms with Gasteiger partial charge in [0.2, 0.25) is 11.8 Å². The van der Waals surface area contributed by atoms with Crippen LogP contribution in [-0.2, 0) is 19.1 Å². The fourth-order valence-corrected chi connectivity index (χ4v) is 4.62. The van der Waals surface area contributed by atoms with Crippen LogP contribution in [-0.4, -0.2) is 36.2 Å². The van der Waals surface area contributed by atoms with Gasteiger partial charge >= 0.3 is 0 Å². The molecule has 6 atom stereocenters. The van der Waals surface area contributed by atoms with Gasteiger partial charge in [0, 0.05) is 5.39 Å². The van der Waals surface area contributed by atoms with E-state index in [1.54, 1.807) is 0 Å². The molecule has 0 radical (unpaired) electrons. The van der Waals surface area contributed by atoms with Gasteiger partial charge in [-0.2, -0.15) is 0 Å². The second-order valence-electron chi connectivity index (χ2n) is 6.69. The van der Waals surface area contributed by atoms with Gasteiger partial charge in [0.05, 0.1) is 29.7 Å². The second kappa shape index (κ2) is 3.80. The zero-order chi connectivity index (χ0) is 15.3. The Balaban J connectivity index is 1.51. The van der Waals surface area contributed by atoms with Crippen molar-refractivity contribution >= 4 is 28.3 Å². The van der Waals surface area contributed by atoms with E-state index in [0.717, 1.165) is 10.8 Å². The lowest BCUT2D eigenvalue weighted by Crippen LogP contribution is -2.35. The van der Waals surface area contributed by atoms with Crippen molar-refractivity contribution in [3.8, 4) is 0 Å². The lowest BCUT2D eigenvalue weighted by Gasteiger charge is -2.20. The minimum atomic E-state index is -0.379. The Morgan fingerprint density at radius 1 is 0.739 bits per heavy atom. The molecule has 0 aliphatic carbocycles. The van der Waals surface area contributed by atoms with Gasteiger partial charge in [-0.05, 0) is 11.5 Å². The van der Waals surface area contributed by atoms with Crippen LogP contribution in [0.15, 0.2) is 42.5 Å². The molecular weight excluding hydrogens is 294 g/mol. The third kappa shape index (κ3) is 1.32. The van der Waals surface area contributed by atoms with Crippen LogP contribution in [0.3, 0.4) is 0 Å². The number of rotatable bonds is 1. The topological polar surface area (TPSA) is 59.1 Å². The minimum Gasteiger partial charge on any atom is -0.368 e. The van der Waals surface area contributed by atoms with Crippen molar-refractivity contribution in [2.24, 2.45) is 11.8 Å². The average Bonchev–Trinajstić information content (AvgIpc) is 3.09. The van der Waals surface area contributed by atoms with Gasteiger partial charge in [0.15, 0.2) is 0 Å². The Hall–Kier alpha value is -2.24. The van der Waals surface area contributed by atoms with E-state index in [1.165, 1.54) is 4.90 Å². The molecule has 2 bridgehead atoms. The molecule has 4 heterocycles. The predicted molar refractivity (Wildman–Crippen MR) is 80.7 cm³/mol. The highest BCUT2D eigenvalue weighted by Crippen LogP contribution is 2.57. The highest BCUT2D eigenvalue weighted by Gasteiger charge is 2.75. The molecule has 4 saturated heterocycles. The first-order valence-electron chi connectivity index (χ1n) is 7.92. The molecule has 5 heteroatoms. The lowest BCUT2D eigenvalue weighted by atomic mass is 9.81. The highest BCUT2D eigenvalue weighted by molar-refractivity contribution is 6.25. The number of hydrogen-bond donors (Lipinski definition) is 0. The minimum absolute atomic E-state index is 0.0190. The first-order chi connectivity index (χ1) is 11.3. The van der Waals surface area contributed by atoms with Crippen molar-refractivity contribution in [1.29, 1.82) is 0 Å². The van der Waals surface area contributed by atoms with Crippen LogP contribution in [0.5, 0.6) is 0 Å². The molecule has 2 aromatic carbocycles. The summed E-state index contributed by atoms with van der Waals surface area (Å²) in [6, 6.07) is 13.5. The zero-order valence-electron chi connectivity index (χ0n) is 12.1. The molecule has 0 spiro atoms. The zero-order valence-corrected chi connectivity index (χ0v) is 12.1. The molecule has 114 valence electrons. The van der Waals surface area contributed by atoms with Crippen LogP contribution in [0.2, 0.25) is 0 Å². The SMILES string of the molecule is O=C1C2C3OC(C4OC43)C2C(=O)N1c1cccc2ccccc12. The second-order valence-corrected chi connectivity index (χ2v) is 6.69. The number of fused-ring (bicyclic) bond motifs is 9. The number of imide groups is 1. The number of carbonyl (C=O) groups excluding carboxylic acids is 2. The van der Waals surface area contributed by atoms with Gasteiger partial charge in [-0.15, -0.1) is 0 Å². The predicted octanol–water partition coefficient (Wildman–Crippen LogP) is 1.49. The Morgan fingerprint density at radius 3 is 2.09 bits per heavy atom. The fraction of sp³-hybridized carbons (Fsp3) is 0.333. The summed E-state index contributed by atoms with van der Waals surface area (Å²) in [6.45, 7) is 0. The fourth-order valence-electron chi connectivity index (χ4n) is 4.62. The van der Waals surface area contributed by atoms with Gasteiger partial charge < -0.3 is 9.47 Å². The Morgan fingerprint density at radius 2 is 1.35 bits per heavy atom. The number of hydrogen-bond acceptors (Lipinski definition) is 4. The number of amides is 2. The Kier molecular flexibility index (Phi) is 2.02. The van der Waals surface area contributed by atoms with Gasteiger partial charge in [-0.3, -0.25) is 9.59 Å². The Labute approximate surface area is 131 Å². The number of nitrogens with zero attached hydrogens (tertiary/aromatic N) is 1. The van der Waals surface area contributed by atoms with Crippen molar-refractivity contribution in [3.05, 3.63) is 42.5 Å². The largest absolute Gasteiger partial charge is 0.368 e. The number of ether oxygens (including phenoxy) is 2. The maximum Gasteiger partial charge on any atom is 0.240 e. The number of epoxide rings is 1. The van der Waals surface area contributed by atoms with Gasteiger partial charge in [-0.25, -0.2) is 4.90 Å². The van der Waals surface area contributed by atoms with E-state index in [0.29, 0.717) is 5.69 Å². The number of anilines is 1. The van der Waals surface area contributed by atoms with Crippen LogP contribution in [0.25, 0.3) is 10.8 Å². The molecular formula is C18H13NO4. The first kappa shape index (κ1) is 12.2. The summed E-state index contributed by atoms with van der Waals surface area (Å²) in [6.07, 6.45) is -0.450. The van der Waals surface area contributed by atoms with Crippen molar-refractivity contribution in [1.82, 2.24) is 0 Å². The molecule has 0 aromatic heterocycles. The summed E-state index contributed by atoms with van der Waals surface area (Å²) >= 11 is 0. The molecule has 5 nitrogen and oxygen atoms in total. The summed E-state index contributed by atoms with van der Waals surface area (Å²) in [5.41, 5.74) is 0.682. The quantitative estimate of drug-likeness (QED) is 0.592. The van der Waals surface area contributed by atoms with Crippen molar-refractivity contribution in [2.45, 2.75) is 24.4 Å². The van der Waals surface area contributed by atoms with Gasteiger partial charge in [-0.1, -0.05) is 36.4 Å². The molecule has 4 fully saturated rings. The molecule has 4 aliphatic rings. The molecule has 4 aliphatic heterocycles. The Bertz CT molecular complexity index is 856. The monoisotopic (exact) mass is 307 g/mol. The lowest BCUT2D eigenvalue weighted by molar-refractivity contribution is -0.126. The van der Waals surface area contributed by atoms with Crippen LogP contribution in [0.1, 0.15) is 0 Å². The van der Waals surface area contributed by atoms with Crippen molar-refractivity contribution in [3.63, 3.8) is 0 Å². The molecule has 6 unspecified atom stereocenters. The summed E-state index contributed by atoms with van der Waals surface area (Å²) in [5.74, 6) is -1.04. The van der Waals surface area contributed by atoms with E-state index in [4.69, 9.17) is 9.47 Å². The maximum absolute atomic E-state index is 13.0. The normalized spacial score (nSPS) is 39.9. The van der Waals surface area contributed by atoms with Gasteiger partial charge in [0.25, 0.3) is 0 Å². The summed E-state index contributed by atoms with van der Waals surface area (Å²) in [7, 11) is 0. The third-order valence-electron chi connectivity index (χ3n) is 5.64. The van der Waals surface area contributed by atoms with E-state index in [2.05, 4.69) is 0 Å². The summed E-state index contributed by atoms with van der Waals surface area (Å²) in [5, 5.41) is 1.94. The molecule has 0 saturated carbocycles. The first-order valence-corrected chi connectivity index (χ1v) is 7.92. The van der Waals surface area contributed by atoms with E-state index in [1.807, 2.05) is 42.5 Å². The van der Waals surface area contributed by atoms with E-state index >= 15 is 0 Å². The van der Waals surface area contributed by atoms with Crippen LogP contribution in [0, 0.1) is 11.8 Å². The average molecular weight is 307 g/mol. The molecule has 2 amide bonds. The molecule has 23 heavy (non-hydrogen) atoms. The molecule has 2 aromatic rings. The van der Waals surface area contributed by atoms with Crippen molar-refractivity contribution in [2.75, 3.05) is 4.90 Å². The third-order valence-corrected chi connectivity index (χ3v) is 5.64. The van der Waals surface area contributed by atoms with Gasteiger partial charge in [0.1, 0.15) is 12.2 Å². The summed E-state index contributed by atoms with van der Waals surface area (Å²) < 4.78 is 11.4. The maximum atomic E-state index is 13.0. The molecule has 6 rings (SSSR count). The number of carbonyl (C=O) groups is 2.